The number of methoxy groups -OCH3 is 1. The van der Waals surface area contributed by atoms with Crippen LogP contribution >= 0.6 is 24.0 Å². The van der Waals surface area contributed by atoms with E-state index in [4.69, 9.17) is 21.1 Å². The van der Waals surface area contributed by atoms with Crippen molar-refractivity contribution in [2.75, 3.05) is 7.11 Å². The number of aryl methyl sites for hydroxylation is 1. The fourth-order valence-corrected chi connectivity index (χ4v) is 3.13. The minimum Gasteiger partial charge on any atom is -0.493 e. The Labute approximate surface area is 182 Å². The zero-order valence-corrected chi connectivity index (χ0v) is 17.9. The number of ether oxygens (including phenoxy) is 2. The van der Waals surface area contributed by atoms with Gasteiger partial charge in [-0.15, -0.1) is 12.4 Å². The van der Waals surface area contributed by atoms with Gasteiger partial charge < -0.3 is 14.8 Å². The lowest BCUT2D eigenvalue weighted by atomic mass is 10.1. The van der Waals surface area contributed by atoms with E-state index in [0.717, 1.165) is 12.1 Å². The standard InChI is InChI=1S/C23H23ClFNO2.ClH/c1-16-7-9-17(10-8-16)13-26-14-18-11-20(24)23(22(12-18)27-2)28-15-19-5-3-4-6-21(19)25;/h3-12,26H,13-15H2,1-2H3;1H. The van der Waals surface area contributed by atoms with Crippen LogP contribution in [0, 0.1) is 12.7 Å². The van der Waals surface area contributed by atoms with Gasteiger partial charge in [-0.3, -0.25) is 0 Å². The second kappa shape index (κ2) is 11.1. The maximum Gasteiger partial charge on any atom is 0.180 e. The predicted molar refractivity (Wildman–Crippen MR) is 118 cm³/mol. The summed E-state index contributed by atoms with van der Waals surface area (Å²) in [7, 11) is 1.56. The van der Waals surface area contributed by atoms with Crippen molar-refractivity contribution in [2.24, 2.45) is 0 Å². The van der Waals surface area contributed by atoms with Gasteiger partial charge in [0.25, 0.3) is 0 Å². The smallest absolute Gasteiger partial charge is 0.180 e. The molecule has 0 aliphatic rings. The second-order valence-corrected chi connectivity index (χ2v) is 6.99. The normalized spacial score (nSPS) is 10.3. The molecule has 0 spiro atoms. The first-order valence-electron chi connectivity index (χ1n) is 9.05. The Hall–Kier alpha value is -2.27. The van der Waals surface area contributed by atoms with Gasteiger partial charge >= 0.3 is 0 Å². The Morgan fingerprint density at radius 1 is 0.966 bits per heavy atom. The lowest BCUT2D eigenvalue weighted by Crippen LogP contribution is -2.13. The average Bonchev–Trinajstić information content (AvgIpc) is 2.69. The molecule has 0 atom stereocenters. The molecule has 0 saturated carbocycles. The van der Waals surface area contributed by atoms with E-state index in [9.17, 15) is 4.39 Å². The fraction of sp³-hybridized carbons (Fsp3) is 0.217. The molecule has 0 amide bonds. The number of hydrogen-bond acceptors (Lipinski definition) is 3. The van der Waals surface area contributed by atoms with Crippen molar-refractivity contribution in [1.29, 1.82) is 0 Å². The van der Waals surface area contributed by atoms with Gasteiger partial charge in [-0.2, -0.15) is 0 Å². The Morgan fingerprint density at radius 3 is 2.34 bits per heavy atom. The lowest BCUT2D eigenvalue weighted by Gasteiger charge is -2.15. The summed E-state index contributed by atoms with van der Waals surface area (Å²) in [6.07, 6.45) is 0. The third kappa shape index (κ3) is 6.36. The zero-order chi connectivity index (χ0) is 19.9. The summed E-state index contributed by atoms with van der Waals surface area (Å²) in [6.45, 7) is 3.54. The van der Waals surface area contributed by atoms with Gasteiger partial charge in [0.05, 0.1) is 12.1 Å². The van der Waals surface area contributed by atoms with E-state index in [2.05, 4.69) is 36.5 Å². The third-order valence-corrected chi connectivity index (χ3v) is 4.68. The van der Waals surface area contributed by atoms with Crippen LogP contribution in [0.5, 0.6) is 11.5 Å². The van der Waals surface area contributed by atoms with E-state index in [-0.39, 0.29) is 24.8 Å². The molecule has 0 aliphatic heterocycles. The van der Waals surface area contributed by atoms with Gasteiger partial charge in [-0.05, 0) is 36.2 Å². The maximum atomic E-state index is 13.8. The van der Waals surface area contributed by atoms with Crippen molar-refractivity contribution in [1.82, 2.24) is 5.32 Å². The topological polar surface area (TPSA) is 30.5 Å². The summed E-state index contributed by atoms with van der Waals surface area (Å²) in [6, 6.07) is 18.6. The molecule has 0 aliphatic carbocycles. The lowest BCUT2D eigenvalue weighted by molar-refractivity contribution is 0.279. The molecule has 0 radical (unpaired) electrons. The highest BCUT2D eigenvalue weighted by Crippen LogP contribution is 2.37. The minimum atomic E-state index is -0.311. The molecular weight excluding hydrogens is 412 g/mol. The van der Waals surface area contributed by atoms with Crippen LogP contribution in [0.1, 0.15) is 22.3 Å². The van der Waals surface area contributed by atoms with Crippen LogP contribution in [-0.4, -0.2) is 7.11 Å². The van der Waals surface area contributed by atoms with Crippen molar-refractivity contribution in [3.63, 3.8) is 0 Å². The van der Waals surface area contributed by atoms with E-state index in [0.29, 0.717) is 28.6 Å². The summed E-state index contributed by atoms with van der Waals surface area (Å²) in [4.78, 5) is 0. The van der Waals surface area contributed by atoms with Crippen molar-refractivity contribution < 1.29 is 13.9 Å². The summed E-state index contributed by atoms with van der Waals surface area (Å²) in [5, 5.41) is 3.83. The van der Waals surface area contributed by atoms with Crippen LogP contribution in [-0.2, 0) is 19.7 Å². The number of halogens is 3. The first kappa shape index (κ1) is 23.0. The number of nitrogens with one attached hydrogen (secondary N) is 1. The summed E-state index contributed by atoms with van der Waals surface area (Å²) < 4.78 is 25.0. The monoisotopic (exact) mass is 435 g/mol. The Kier molecular flexibility index (Phi) is 8.77. The number of rotatable bonds is 8. The largest absolute Gasteiger partial charge is 0.493 e. The molecule has 3 nitrogen and oxygen atoms in total. The van der Waals surface area contributed by atoms with E-state index >= 15 is 0 Å². The first-order chi connectivity index (χ1) is 13.6. The molecule has 3 rings (SSSR count). The molecule has 0 bridgehead atoms. The molecule has 0 fully saturated rings. The fourth-order valence-electron chi connectivity index (χ4n) is 2.84. The quantitative estimate of drug-likeness (QED) is 0.464. The first-order valence-corrected chi connectivity index (χ1v) is 9.43. The highest BCUT2D eigenvalue weighted by Gasteiger charge is 2.13. The highest BCUT2D eigenvalue weighted by atomic mass is 35.5. The van der Waals surface area contributed by atoms with Crippen LogP contribution in [0.25, 0.3) is 0 Å². The minimum absolute atomic E-state index is 0. The molecule has 0 heterocycles. The van der Waals surface area contributed by atoms with Crippen LogP contribution < -0.4 is 14.8 Å². The Morgan fingerprint density at radius 2 is 1.66 bits per heavy atom. The highest BCUT2D eigenvalue weighted by molar-refractivity contribution is 6.32. The molecule has 154 valence electrons. The van der Waals surface area contributed by atoms with Gasteiger partial charge in [0.1, 0.15) is 12.4 Å². The summed E-state index contributed by atoms with van der Waals surface area (Å²) in [5.41, 5.74) is 3.90. The number of hydrogen-bond donors (Lipinski definition) is 1. The molecule has 3 aromatic rings. The third-order valence-electron chi connectivity index (χ3n) is 4.40. The van der Waals surface area contributed by atoms with Crippen LogP contribution in [0.15, 0.2) is 60.7 Å². The molecule has 3 aromatic carbocycles. The molecule has 0 unspecified atom stereocenters. The average molecular weight is 436 g/mol. The predicted octanol–water partition coefficient (Wildman–Crippen LogP) is 6.09. The molecule has 29 heavy (non-hydrogen) atoms. The summed E-state index contributed by atoms with van der Waals surface area (Å²) >= 11 is 6.41. The van der Waals surface area contributed by atoms with Gasteiger partial charge in [0.15, 0.2) is 11.5 Å². The Bertz CT molecular complexity index is 933. The van der Waals surface area contributed by atoms with Gasteiger partial charge in [0.2, 0.25) is 0 Å². The van der Waals surface area contributed by atoms with E-state index < -0.39 is 0 Å². The molecule has 0 saturated heterocycles. The molecular formula is C23H24Cl2FNO2. The van der Waals surface area contributed by atoms with Crippen LogP contribution in [0.3, 0.4) is 0 Å². The van der Waals surface area contributed by atoms with E-state index in [1.807, 2.05) is 12.1 Å². The van der Waals surface area contributed by atoms with E-state index in [1.54, 1.807) is 25.3 Å². The van der Waals surface area contributed by atoms with Gasteiger partial charge in [-0.25, -0.2) is 4.39 Å². The van der Waals surface area contributed by atoms with Gasteiger partial charge in [-0.1, -0.05) is 59.6 Å². The van der Waals surface area contributed by atoms with Crippen molar-refractivity contribution in [3.8, 4) is 11.5 Å². The number of benzene rings is 3. The van der Waals surface area contributed by atoms with Gasteiger partial charge in [0, 0.05) is 18.7 Å². The Balaban J connectivity index is 0.00000300. The van der Waals surface area contributed by atoms with Crippen molar-refractivity contribution >= 4 is 24.0 Å². The maximum absolute atomic E-state index is 13.8. The van der Waals surface area contributed by atoms with Crippen LogP contribution in [0.4, 0.5) is 4.39 Å². The zero-order valence-electron chi connectivity index (χ0n) is 16.4. The molecule has 0 aromatic heterocycles. The second-order valence-electron chi connectivity index (χ2n) is 6.58. The van der Waals surface area contributed by atoms with E-state index in [1.165, 1.54) is 17.2 Å². The van der Waals surface area contributed by atoms with Crippen molar-refractivity contribution in [2.45, 2.75) is 26.6 Å². The summed E-state index contributed by atoms with van der Waals surface area (Å²) in [5.74, 6) is 0.625. The SMILES string of the molecule is COc1cc(CNCc2ccc(C)cc2)cc(Cl)c1OCc1ccccc1F.Cl. The van der Waals surface area contributed by atoms with Crippen molar-refractivity contribution in [3.05, 3.63) is 93.8 Å². The molecule has 6 heteroatoms. The molecule has 1 N–H and O–H groups in total. The van der Waals surface area contributed by atoms with Crippen LogP contribution in [0.2, 0.25) is 5.02 Å².